The number of carboxylic acid groups (broad SMARTS) is 1. The summed E-state index contributed by atoms with van der Waals surface area (Å²) in [5, 5.41) is 9.53. The zero-order valence-corrected chi connectivity index (χ0v) is 12.5. The molecule has 0 saturated heterocycles. The lowest BCUT2D eigenvalue weighted by Gasteiger charge is -2.22. The highest BCUT2D eigenvalue weighted by Gasteiger charge is 2.42. The van der Waals surface area contributed by atoms with Gasteiger partial charge in [0.15, 0.2) is 0 Å². The Morgan fingerprint density at radius 3 is 2.17 bits per heavy atom. The predicted octanol–water partition coefficient (Wildman–Crippen LogP) is 2.29. The molecule has 2 aromatic rings. The fraction of sp³-hybridized carbons (Fsp3) is 0.167. The number of aryl methyl sites for hydroxylation is 1. The van der Waals surface area contributed by atoms with Crippen LogP contribution in [0.1, 0.15) is 31.8 Å². The van der Waals surface area contributed by atoms with Crippen molar-refractivity contribution in [2.45, 2.75) is 19.4 Å². The Morgan fingerprint density at radius 2 is 1.65 bits per heavy atom. The van der Waals surface area contributed by atoms with E-state index < -0.39 is 23.8 Å². The molecule has 1 heterocycles. The Kier molecular flexibility index (Phi) is 3.70. The first-order valence-electron chi connectivity index (χ1n) is 7.24. The number of imide groups is 1. The number of carbonyl (C=O) groups is 3. The molecule has 1 atom stereocenters. The number of hydrogen-bond acceptors (Lipinski definition) is 3. The van der Waals surface area contributed by atoms with E-state index in [-0.39, 0.29) is 17.5 Å². The van der Waals surface area contributed by atoms with Crippen LogP contribution in [0.25, 0.3) is 0 Å². The summed E-state index contributed by atoms with van der Waals surface area (Å²) in [6, 6.07) is 12.6. The number of carbonyl (C=O) groups excluding carboxylic acids is 2. The summed E-state index contributed by atoms with van der Waals surface area (Å²) < 4.78 is 0. The van der Waals surface area contributed by atoms with Gasteiger partial charge in [0.1, 0.15) is 6.04 Å². The molecule has 3 rings (SSSR count). The Bertz CT molecular complexity index is 777. The second-order valence-electron chi connectivity index (χ2n) is 5.57. The molecule has 1 aliphatic rings. The minimum absolute atomic E-state index is 0.0858. The number of rotatable bonds is 4. The fourth-order valence-electron chi connectivity index (χ4n) is 2.84. The van der Waals surface area contributed by atoms with Gasteiger partial charge in [-0.1, -0.05) is 42.0 Å². The number of carboxylic acids is 1. The number of hydrogen-bond donors (Lipinski definition) is 1. The van der Waals surface area contributed by atoms with E-state index in [1.807, 2.05) is 25.1 Å². The molecule has 116 valence electrons. The van der Waals surface area contributed by atoms with Gasteiger partial charge in [0.05, 0.1) is 11.1 Å². The van der Waals surface area contributed by atoms with E-state index in [4.69, 9.17) is 0 Å². The average molecular weight is 309 g/mol. The molecular formula is C18H15NO4. The van der Waals surface area contributed by atoms with Gasteiger partial charge in [-0.25, -0.2) is 4.79 Å². The van der Waals surface area contributed by atoms with Gasteiger partial charge in [0.2, 0.25) is 0 Å². The predicted molar refractivity (Wildman–Crippen MR) is 83.2 cm³/mol. The molecule has 0 unspecified atom stereocenters. The van der Waals surface area contributed by atoms with Crippen molar-refractivity contribution in [1.82, 2.24) is 4.90 Å². The first kappa shape index (κ1) is 15.0. The van der Waals surface area contributed by atoms with Gasteiger partial charge in [-0.3, -0.25) is 14.5 Å². The zero-order valence-electron chi connectivity index (χ0n) is 12.5. The Labute approximate surface area is 133 Å². The topological polar surface area (TPSA) is 74.7 Å². The third kappa shape index (κ3) is 2.61. The van der Waals surface area contributed by atoms with Gasteiger partial charge < -0.3 is 5.11 Å². The fourth-order valence-corrected chi connectivity index (χ4v) is 2.84. The summed E-state index contributed by atoms with van der Waals surface area (Å²) >= 11 is 0. The minimum Gasteiger partial charge on any atom is -0.480 e. The number of benzene rings is 2. The molecule has 0 bridgehead atoms. The van der Waals surface area contributed by atoms with Gasteiger partial charge in [0, 0.05) is 6.42 Å². The molecule has 2 aromatic carbocycles. The second-order valence-corrected chi connectivity index (χ2v) is 5.57. The van der Waals surface area contributed by atoms with Gasteiger partial charge in [-0.2, -0.15) is 0 Å². The highest BCUT2D eigenvalue weighted by molar-refractivity contribution is 6.22. The van der Waals surface area contributed by atoms with E-state index in [9.17, 15) is 19.5 Å². The van der Waals surface area contributed by atoms with Gasteiger partial charge in [-0.15, -0.1) is 0 Å². The van der Waals surface area contributed by atoms with Crippen LogP contribution >= 0.6 is 0 Å². The molecule has 5 heteroatoms. The number of amides is 2. The molecule has 0 aromatic heterocycles. The molecule has 0 fully saturated rings. The minimum atomic E-state index is -1.22. The van der Waals surface area contributed by atoms with Crippen molar-refractivity contribution >= 4 is 17.8 Å². The van der Waals surface area contributed by atoms with E-state index in [1.54, 1.807) is 30.3 Å². The van der Waals surface area contributed by atoms with E-state index in [2.05, 4.69) is 0 Å². The van der Waals surface area contributed by atoms with Gasteiger partial charge in [0.25, 0.3) is 11.8 Å². The van der Waals surface area contributed by atoms with Crippen molar-refractivity contribution in [3.8, 4) is 0 Å². The molecule has 0 spiro atoms. The third-order valence-electron chi connectivity index (χ3n) is 3.93. The van der Waals surface area contributed by atoms with E-state index in [0.717, 1.165) is 16.0 Å². The van der Waals surface area contributed by atoms with Crippen molar-refractivity contribution in [1.29, 1.82) is 0 Å². The van der Waals surface area contributed by atoms with Crippen LogP contribution in [-0.4, -0.2) is 33.8 Å². The molecule has 0 aliphatic carbocycles. The average Bonchev–Trinajstić information content (AvgIpc) is 2.77. The van der Waals surface area contributed by atoms with Crippen LogP contribution in [0.3, 0.4) is 0 Å². The zero-order chi connectivity index (χ0) is 16.6. The van der Waals surface area contributed by atoms with Crippen molar-refractivity contribution in [2.24, 2.45) is 0 Å². The largest absolute Gasteiger partial charge is 0.480 e. The SMILES string of the molecule is Cc1cccc(C[C@@H](C(=O)O)N2C(=O)c3ccccc3C2=O)c1. The summed E-state index contributed by atoms with van der Waals surface area (Å²) in [6.45, 7) is 1.90. The summed E-state index contributed by atoms with van der Waals surface area (Å²) in [7, 11) is 0. The highest BCUT2D eigenvalue weighted by atomic mass is 16.4. The van der Waals surface area contributed by atoms with Crippen LogP contribution in [0, 0.1) is 6.92 Å². The van der Waals surface area contributed by atoms with Crippen molar-refractivity contribution in [3.63, 3.8) is 0 Å². The van der Waals surface area contributed by atoms with E-state index in [0.29, 0.717) is 0 Å². The molecule has 1 N–H and O–H groups in total. The van der Waals surface area contributed by atoms with Crippen molar-refractivity contribution in [3.05, 3.63) is 70.8 Å². The van der Waals surface area contributed by atoms with Crippen LogP contribution < -0.4 is 0 Å². The Morgan fingerprint density at radius 1 is 1.04 bits per heavy atom. The summed E-state index contributed by atoms with van der Waals surface area (Å²) in [5.41, 5.74) is 2.28. The first-order chi connectivity index (χ1) is 11.0. The Hall–Kier alpha value is -2.95. The summed E-state index contributed by atoms with van der Waals surface area (Å²) in [4.78, 5) is 37.4. The lowest BCUT2D eigenvalue weighted by atomic mass is 10.0. The summed E-state index contributed by atoms with van der Waals surface area (Å²) in [5.74, 6) is -2.29. The van der Waals surface area contributed by atoms with E-state index in [1.165, 1.54) is 0 Å². The van der Waals surface area contributed by atoms with Crippen molar-refractivity contribution in [2.75, 3.05) is 0 Å². The van der Waals surface area contributed by atoms with Crippen LogP contribution in [0.2, 0.25) is 0 Å². The maximum atomic E-state index is 12.5. The quantitative estimate of drug-likeness (QED) is 0.879. The molecule has 0 radical (unpaired) electrons. The molecule has 5 nitrogen and oxygen atoms in total. The number of nitrogens with zero attached hydrogens (tertiary/aromatic N) is 1. The van der Waals surface area contributed by atoms with Crippen LogP contribution in [0.4, 0.5) is 0 Å². The lowest BCUT2D eigenvalue weighted by Crippen LogP contribution is -2.46. The summed E-state index contributed by atoms with van der Waals surface area (Å²) in [6.07, 6.45) is 0.0858. The second kappa shape index (κ2) is 5.68. The van der Waals surface area contributed by atoms with Gasteiger partial charge in [-0.05, 0) is 24.6 Å². The smallest absolute Gasteiger partial charge is 0.327 e. The number of fused-ring (bicyclic) bond motifs is 1. The van der Waals surface area contributed by atoms with Crippen LogP contribution in [-0.2, 0) is 11.2 Å². The standard InChI is InChI=1S/C18H15NO4/c1-11-5-4-6-12(9-11)10-15(18(22)23)19-16(20)13-7-2-3-8-14(13)17(19)21/h2-9,15H,10H2,1H3,(H,22,23)/t15-/m0/s1. The van der Waals surface area contributed by atoms with Crippen molar-refractivity contribution < 1.29 is 19.5 Å². The monoisotopic (exact) mass is 309 g/mol. The molecule has 0 saturated carbocycles. The first-order valence-corrected chi connectivity index (χ1v) is 7.24. The lowest BCUT2D eigenvalue weighted by molar-refractivity contribution is -0.141. The molecule has 2 amide bonds. The normalized spacial score (nSPS) is 14.7. The third-order valence-corrected chi connectivity index (χ3v) is 3.93. The number of aliphatic carboxylic acids is 1. The maximum absolute atomic E-state index is 12.5. The van der Waals surface area contributed by atoms with E-state index >= 15 is 0 Å². The molecule has 23 heavy (non-hydrogen) atoms. The van der Waals surface area contributed by atoms with Crippen LogP contribution in [0.15, 0.2) is 48.5 Å². The highest BCUT2D eigenvalue weighted by Crippen LogP contribution is 2.26. The molecular weight excluding hydrogens is 294 g/mol. The van der Waals surface area contributed by atoms with Crippen LogP contribution in [0.5, 0.6) is 0 Å². The molecule has 1 aliphatic heterocycles. The Balaban J connectivity index is 1.95. The maximum Gasteiger partial charge on any atom is 0.327 e. The van der Waals surface area contributed by atoms with Gasteiger partial charge >= 0.3 is 5.97 Å².